The van der Waals surface area contributed by atoms with Crippen LogP contribution in [0.4, 0.5) is 13.2 Å². The molecule has 1 aromatic carbocycles. The van der Waals surface area contributed by atoms with Gasteiger partial charge in [-0.1, -0.05) is 0 Å². The van der Waals surface area contributed by atoms with Crippen molar-refractivity contribution >= 4 is 19.7 Å². The van der Waals surface area contributed by atoms with E-state index in [0.29, 0.717) is 6.07 Å². The van der Waals surface area contributed by atoms with E-state index in [9.17, 15) is 21.6 Å². The third-order valence-corrected chi connectivity index (χ3v) is 3.61. The molecule has 2 aromatic rings. The lowest BCUT2D eigenvalue weighted by molar-refractivity contribution is -0.141. The van der Waals surface area contributed by atoms with Crippen molar-refractivity contribution in [3.63, 3.8) is 0 Å². The molecular weight excluding hydrogens is 333 g/mol. The zero-order valence-corrected chi connectivity index (χ0v) is 11.6. The first-order valence-electron chi connectivity index (χ1n) is 5.29. The molecule has 0 spiro atoms. The van der Waals surface area contributed by atoms with E-state index in [-0.39, 0.29) is 10.6 Å². The summed E-state index contributed by atoms with van der Waals surface area (Å²) < 4.78 is 64.5. The maximum Gasteiger partial charge on any atom is 0.433 e. The molecule has 10 heteroatoms. The first-order valence-corrected chi connectivity index (χ1v) is 7.60. The van der Waals surface area contributed by atoms with E-state index in [1.807, 2.05) is 0 Å². The van der Waals surface area contributed by atoms with Crippen molar-refractivity contribution in [3.8, 4) is 11.8 Å². The highest BCUT2D eigenvalue weighted by atomic mass is 35.7. The number of benzene rings is 1. The van der Waals surface area contributed by atoms with Crippen molar-refractivity contribution in [2.24, 2.45) is 0 Å². The lowest BCUT2D eigenvalue weighted by atomic mass is 10.3. The van der Waals surface area contributed by atoms with Crippen LogP contribution < -0.4 is 4.74 Å². The molecule has 2 rings (SSSR count). The lowest BCUT2D eigenvalue weighted by Crippen LogP contribution is -2.08. The normalized spacial score (nSPS) is 12.2. The number of nitrogens with zero attached hydrogens (tertiary/aromatic N) is 2. The van der Waals surface area contributed by atoms with Crippen LogP contribution in [-0.4, -0.2) is 18.4 Å². The fourth-order valence-electron chi connectivity index (χ4n) is 1.32. The summed E-state index contributed by atoms with van der Waals surface area (Å²) in [6.45, 7) is 0. The molecular formula is C11H6ClF3N2O3S. The summed E-state index contributed by atoms with van der Waals surface area (Å²) in [5.41, 5.74) is -1.15. The molecule has 0 aliphatic rings. The van der Waals surface area contributed by atoms with Gasteiger partial charge in [0.2, 0.25) is 0 Å². The minimum Gasteiger partial charge on any atom is -0.424 e. The lowest BCUT2D eigenvalue weighted by Gasteiger charge is -2.07. The molecule has 0 saturated carbocycles. The van der Waals surface area contributed by atoms with Crippen LogP contribution in [0.2, 0.25) is 0 Å². The summed E-state index contributed by atoms with van der Waals surface area (Å²) in [6.07, 6.45) is -3.71. The van der Waals surface area contributed by atoms with Crippen LogP contribution in [0.15, 0.2) is 41.4 Å². The Bertz CT molecular complexity index is 748. The minimum absolute atomic E-state index is 0.0680. The van der Waals surface area contributed by atoms with E-state index in [1.54, 1.807) is 0 Å². The highest BCUT2D eigenvalue weighted by Crippen LogP contribution is 2.29. The van der Waals surface area contributed by atoms with E-state index < -0.39 is 26.9 Å². The third-order valence-electron chi connectivity index (χ3n) is 2.24. The number of hydrogen-bond acceptors (Lipinski definition) is 5. The molecule has 0 atom stereocenters. The molecule has 21 heavy (non-hydrogen) atoms. The number of rotatable bonds is 3. The predicted molar refractivity (Wildman–Crippen MR) is 66.6 cm³/mol. The Hall–Kier alpha value is -1.87. The van der Waals surface area contributed by atoms with Gasteiger partial charge in [0, 0.05) is 16.9 Å². The van der Waals surface area contributed by atoms with Crippen LogP contribution >= 0.6 is 10.7 Å². The summed E-state index contributed by atoms with van der Waals surface area (Å²) >= 11 is 0. The van der Waals surface area contributed by atoms with Crippen LogP contribution in [0.5, 0.6) is 11.8 Å². The van der Waals surface area contributed by atoms with Crippen molar-refractivity contribution in [2.75, 3.05) is 0 Å². The average molecular weight is 339 g/mol. The van der Waals surface area contributed by atoms with Gasteiger partial charge in [-0.25, -0.2) is 13.4 Å². The van der Waals surface area contributed by atoms with E-state index >= 15 is 0 Å². The highest BCUT2D eigenvalue weighted by Gasteiger charge is 2.33. The monoisotopic (exact) mass is 338 g/mol. The van der Waals surface area contributed by atoms with E-state index in [2.05, 4.69) is 9.97 Å². The predicted octanol–water partition coefficient (Wildman–Crippen LogP) is 3.22. The third kappa shape index (κ3) is 4.05. The number of halogens is 4. The van der Waals surface area contributed by atoms with Crippen molar-refractivity contribution in [1.82, 2.24) is 9.97 Å². The molecule has 0 bridgehead atoms. The van der Waals surface area contributed by atoms with E-state index in [4.69, 9.17) is 15.4 Å². The SMILES string of the molecule is O=S(=O)(Cl)c1ccc(Oc2nccc(C(F)(F)F)n2)cc1. The Morgan fingerprint density at radius 2 is 1.71 bits per heavy atom. The summed E-state index contributed by atoms with van der Waals surface area (Å²) in [4.78, 5) is 6.58. The highest BCUT2D eigenvalue weighted by molar-refractivity contribution is 8.13. The van der Waals surface area contributed by atoms with Gasteiger partial charge >= 0.3 is 12.2 Å². The number of aromatic nitrogens is 2. The van der Waals surface area contributed by atoms with Crippen molar-refractivity contribution < 1.29 is 26.3 Å². The van der Waals surface area contributed by atoms with Gasteiger partial charge in [0.1, 0.15) is 5.75 Å². The number of ether oxygens (including phenoxy) is 1. The van der Waals surface area contributed by atoms with Gasteiger partial charge < -0.3 is 4.74 Å². The molecule has 0 amide bonds. The molecule has 0 radical (unpaired) electrons. The average Bonchev–Trinajstić information content (AvgIpc) is 2.37. The molecule has 0 aliphatic heterocycles. The minimum atomic E-state index is -4.61. The molecule has 1 aromatic heterocycles. The van der Waals surface area contributed by atoms with Crippen molar-refractivity contribution in [2.45, 2.75) is 11.1 Å². The molecule has 0 fully saturated rings. The Balaban J connectivity index is 2.23. The molecule has 0 unspecified atom stereocenters. The second-order valence-corrected chi connectivity index (χ2v) is 6.30. The van der Waals surface area contributed by atoms with Crippen LogP contribution in [0, 0.1) is 0 Å². The van der Waals surface area contributed by atoms with Crippen LogP contribution in [0.1, 0.15) is 5.69 Å². The second-order valence-electron chi connectivity index (χ2n) is 3.73. The fraction of sp³-hybridized carbons (Fsp3) is 0.0909. The number of alkyl halides is 3. The summed E-state index contributed by atoms with van der Waals surface area (Å²) in [7, 11) is 1.24. The van der Waals surface area contributed by atoms with Gasteiger partial charge in [0.05, 0.1) is 4.90 Å². The zero-order chi connectivity index (χ0) is 15.7. The Kier molecular flexibility index (Phi) is 4.06. The quantitative estimate of drug-likeness (QED) is 0.804. The standard InChI is InChI=1S/C11H6ClF3N2O3S/c12-21(18,19)8-3-1-7(2-4-8)20-10-16-6-5-9(17-10)11(13,14)15/h1-6H. The summed E-state index contributed by atoms with van der Waals surface area (Å²) in [5.74, 6) is 0.0680. The first kappa shape index (κ1) is 15.5. The van der Waals surface area contributed by atoms with Crippen LogP contribution in [-0.2, 0) is 15.2 Å². The maximum atomic E-state index is 12.5. The van der Waals surface area contributed by atoms with Gasteiger partial charge in [0.15, 0.2) is 5.69 Å². The van der Waals surface area contributed by atoms with Gasteiger partial charge in [-0.2, -0.15) is 18.2 Å². The van der Waals surface area contributed by atoms with Crippen LogP contribution in [0.3, 0.4) is 0 Å². The van der Waals surface area contributed by atoms with Gasteiger partial charge in [-0.05, 0) is 30.3 Å². The van der Waals surface area contributed by atoms with Gasteiger partial charge in [-0.3, -0.25) is 0 Å². The zero-order valence-electron chi connectivity index (χ0n) is 10.0. The topological polar surface area (TPSA) is 69.2 Å². The number of hydrogen-bond donors (Lipinski definition) is 0. The molecule has 112 valence electrons. The fourth-order valence-corrected chi connectivity index (χ4v) is 2.09. The summed E-state index contributed by atoms with van der Waals surface area (Å²) in [6, 6.07) is 4.93. The molecule has 0 saturated heterocycles. The maximum absolute atomic E-state index is 12.5. The second kappa shape index (κ2) is 5.49. The Morgan fingerprint density at radius 3 is 2.24 bits per heavy atom. The summed E-state index contributed by atoms with van der Waals surface area (Å²) in [5, 5.41) is 0. The molecule has 0 aliphatic carbocycles. The Morgan fingerprint density at radius 1 is 1.10 bits per heavy atom. The Labute approximate surface area is 121 Å². The molecule has 5 nitrogen and oxygen atoms in total. The smallest absolute Gasteiger partial charge is 0.424 e. The van der Waals surface area contributed by atoms with Crippen molar-refractivity contribution in [1.29, 1.82) is 0 Å². The van der Waals surface area contributed by atoms with E-state index in [1.165, 1.54) is 12.1 Å². The van der Waals surface area contributed by atoms with E-state index in [0.717, 1.165) is 18.3 Å². The molecule has 0 N–H and O–H groups in total. The first-order chi connectivity index (χ1) is 9.66. The van der Waals surface area contributed by atoms with Crippen LogP contribution in [0.25, 0.3) is 0 Å². The van der Waals surface area contributed by atoms with Gasteiger partial charge in [0.25, 0.3) is 9.05 Å². The molecule has 1 heterocycles. The van der Waals surface area contributed by atoms with Crippen molar-refractivity contribution in [3.05, 3.63) is 42.2 Å². The largest absolute Gasteiger partial charge is 0.433 e. The van der Waals surface area contributed by atoms with Gasteiger partial charge in [-0.15, -0.1) is 0 Å².